The fourth-order valence-corrected chi connectivity index (χ4v) is 1.73. The Morgan fingerprint density at radius 3 is 1.05 bits per heavy atom. The van der Waals surface area contributed by atoms with Crippen LogP contribution >= 0.6 is 0 Å². The molecule has 0 saturated heterocycles. The van der Waals surface area contributed by atoms with Gasteiger partial charge in [0.1, 0.15) is 0 Å². The highest BCUT2D eigenvalue weighted by Crippen LogP contribution is 2.12. The molecule has 0 aliphatic rings. The summed E-state index contributed by atoms with van der Waals surface area (Å²) in [6, 6.07) is 1.47. The summed E-state index contributed by atoms with van der Waals surface area (Å²) >= 11 is 0. The van der Waals surface area contributed by atoms with Crippen LogP contribution in [0.25, 0.3) is 0 Å². The first-order valence-electron chi connectivity index (χ1n) is 7.25. The molecule has 0 aliphatic heterocycles. The average Bonchev–Trinajstić information content (AvgIpc) is 2.16. The summed E-state index contributed by atoms with van der Waals surface area (Å²) in [5.41, 5.74) is 0. The van der Waals surface area contributed by atoms with Crippen molar-refractivity contribution < 1.29 is 56.9 Å². The van der Waals surface area contributed by atoms with Gasteiger partial charge in [0.05, 0.1) is 53.4 Å². The zero-order valence-corrected chi connectivity index (χ0v) is 18.7. The molecular formula is C15H36I2N2. The average molecular weight is 498 g/mol. The third kappa shape index (κ3) is 10.7. The van der Waals surface area contributed by atoms with Gasteiger partial charge in [-0.1, -0.05) is 0 Å². The van der Waals surface area contributed by atoms with E-state index in [2.05, 4.69) is 55.9 Å². The van der Waals surface area contributed by atoms with Crippen molar-refractivity contribution in [1.82, 2.24) is 0 Å². The lowest BCUT2D eigenvalue weighted by Crippen LogP contribution is -3.00. The largest absolute Gasteiger partial charge is 1.00 e. The standard InChI is InChI=1S/C15H36N2.2HI/c1-14(2)16(5,6)12-10-9-11-13-17(7,8)15(3)4;;/h14-15H,9-13H2,1-8H3;2*1H/q+2;;/p-2. The summed E-state index contributed by atoms with van der Waals surface area (Å²) in [6.45, 7) is 11.9. The fourth-order valence-electron chi connectivity index (χ4n) is 1.73. The molecule has 0 aromatic rings. The summed E-state index contributed by atoms with van der Waals surface area (Å²) in [7, 11) is 9.38. The van der Waals surface area contributed by atoms with E-state index in [1.807, 2.05) is 0 Å². The highest BCUT2D eigenvalue weighted by molar-refractivity contribution is 4.47. The van der Waals surface area contributed by atoms with Crippen LogP contribution in [-0.2, 0) is 0 Å². The molecule has 0 radical (unpaired) electrons. The predicted molar refractivity (Wildman–Crippen MR) is 78.1 cm³/mol. The smallest absolute Gasteiger partial charge is 0.0829 e. The molecule has 0 fully saturated rings. The lowest BCUT2D eigenvalue weighted by atomic mass is 10.1. The van der Waals surface area contributed by atoms with Crippen LogP contribution in [0.2, 0.25) is 0 Å². The zero-order valence-electron chi connectivity index (χ0n) is 14.3. The molecule has 0 aromatic heterocycles. The van der Waals surface area contributed by atoms with Crippen LogP contribution < -0.4 is 48.0 Å². The van der Waals surface area contributed by atoms with E-state index in [0.717, 1.165) is 21.0 Å². The van der Waals surface area contributed by atoms with Gasteiger partial charge in [-0.3, -0.25) is 0 Å². The molecule has 0 heterocycles. The SMILES string of the molecule is CC(C)[N+](C)(C)CCCCC[N+](C)(C)C(C)C.[I-].[I-]. The van der Waals surface area contributed by atoms with Crippen molar-refractivity contribution >= 4 is 0 Å². The van der Waals surface area contributed by atoms with Crippen molar-refractivity contribution in [3.05, 3.63) is 0 Å². The van der Waals surface area contributed by atoms with Crippen LogP contribution in [0.3, 0.4) is 0 Å². The summed E-state index contributed by atoms with van der Waals surface area (Å²) < 4.78 is 2.31. The lowest BCUT2D eigenvalue weighted by molar-refractivity contribution is -0.913. The molecule has 0 amide bonds. The summed E-state index contributed by atoms with van der Waals surface area (Å²) in [6.07, 6.45) is 4.11. The number of hydrogen-bond acceptors (Lipinski definition) is 0. The van der Waals surface area contributed by atoms with Gasteiger partial charge in [0, 0.05) is 0 Å². The molecule has 0 rings (SSSR count). The van der Waals surface area contributed by atoms with E-state index in [4.69, 9.17) is 0 Å². The second kappa shape index (κ2) is 11.0. The molecular weight excluding hydrogens is 462 g/mol. The van der Waals surface area contributed by atoms with E-state index < -0.39 is 0 Å². The van der Waals surface area contributed by atoms with Crippen molar-refractivity contribution in [3.8, 4) is 0 Å². The maximum Gasteiger partial charge on any atom is 0.0829 e. The predicted octanol–water partition coefficient (Wildman–Crippen LogP) is -2.87. The number of quaternary nitrogens is 2. The van der Waals surface area contributed by atoms with Gasteiger partial charge in [-0.05, 0) is 47.0 Å². The Morgan fingerprint density at radius 1 is 0.579 bits per heavy atom. The fraction of sp³-hybridized carbons (Fsp3) is 1.00. The minimum Gasteiger partial charge on any atom is -1.00 e. The molecule has 0 aliphatic carbocycles. The Hall–Kier alpha value is 1.38. The number of halogens is 2. The minimum absolute atomic E-state index is 0. The van der Waals surface area contributed by atoms with Crippen molar-refractivity contribution in [1.29, 1.82) is 0 Å². The molecule has 0 N–H and O–H groups in total. The van der Waals surface area contributed by atoms with Crippen LogP contribution in [0.1, 0.15) is 47.0 Å². The molecule has 120 valence electrons. The van der Waals surface area contributed by atoms with Gasteiger partial charge in [0.2, 0.25) is 0 Å². The summed E-state index contributed by atoms with van der Waals surface area (Å²) in [5, 5.41) is 0. The summed E-state index contributed by atoms with van der Waals surface area (Å²) in [5.74, 6) is 0. The first kappa shape index (κ1) is 25.3. The Bertz CT molecular complexity index is 192. The lowest BCUT2D eigenvalue weighted by Gasteiger charge is -2.35. The minimum atomic E-state index is 0. The second-order valence-electron chi connectivity index (χ2n) is 7.25. The van der Waals surface area contributed by atoms with Crippen molar-refractivity contribution in [2.24, 2.45) is 0 Å². The molecule has 0 aromatic carbocycles. The van der Waals surface area contributed by atoms with Crippen LogP contribution in [0.5, 0.6) is 0 Å². The van der Waals surface area contributed by atoms with E-state index in [9.17, 15) is 0 Å². The van der Waals surface area contributed by atoms with E-state index in [-0.39, 0.29) is 48.0 Å². The maximum atomic E-state index is 2.35. The molecule has 0 spiro atoms. The highest BCUT2D eigenvalue weighted by atomic mass is 127. The zero-order chi connectivity index (χ0) is 13.7. The Morgan fingerprint density at radius 2 is 0.842 bits per heavy atom. The van der Waals surface area contributed by atoms with E-state index >= 15 is 0 Å². The van der Waals surface area contributed by atoms with Gasteiger partial charge in [-0.15, -0.1) is 0 Å². The van der Waals surface area contributed by atoms with Gasteiger partial charge in [-0.2, -0.15) is 0 Å². The van der Waals surface area contributed by atoms with Crippen molar-refractivity contribution in [2.45, 2.75) is 59.0 Å². The third-order valence-corrected chi connectivity index (χ3v) is 4.76. The van der Waals surface area contributed by atoms with Gasteiger partial charge >= 0.3 is 0 Å². The third-order valence-electron chi connectivity index (χ3n) is 4.76. The van der Waals surface area contributed by atoms with Gasteiger partial charge in [0.25, 0.3) is 0 Å². The number of rotatable bonds is 8. The maximum absolute atomic E-state index is 2.35. The monoisotopic (exact) mass is 498 g/mol. The molecule has 0 bridgehead atoms. The van der Waals surface area contributed by atoms with Crippen LogP contribution in [0.4, 0.5) is 0 Å². The van der Waals surface area contributed by atoms with E-state index in [1.165, 1.54) is 32.4 Å². The first-order chi connectivity index (χ1) is 7.59. The second-order valence-corrected chi connectivity index (χ2v) is 7.25. The van der Waals surface area contributed by atoms with Crippen molar-refractivity contribution in [3.63, 3.8) is 0 Å². The molecule has 2 nitrogen and oxygen atoms in total. The quantitative estimate of drug-likeness (QED) is 0.192. The van der Waals surface area contributed by atoms with Gasteiger partial charge in [-0.25, -0.2) is 0 Å². The Balaban J connectivity index is -0.00000128. The molecule has 0 atom stereocenters. The number of hydrogen-bond donors (Lipinski definition) is 0. The first-order valence-corrected chi connectivity index (χ1v) is 7.25. The van der Waals surface area contributed by atoms with E-state index in [1.54, 1.807) is 0 Å². The molecule has 4 heteroatoms. The molecule has 0 unspecified atom stereocenters. The normalized spacial score (nSPS) is 12.3. The molecule has 19 heavy (non-hydrogen) atoms. The van der Waals surface area contributed by atoms with Gasteiger partial charge in [0.15, 0.2) is 0 Å². The topological polar surface area (TPSA) is 0 Å². The van der Waals surface area contributed by atoms with Gasteiger partial charge < -0.3 is 56.9 Å². The number of nitrogens with zero attached hydrogens (tertiary/aromatic N) is 2. The van der Waals surface area contributed by atoms with Crippen LogP contribution in [0.15, 0.2) is 0 Å². The molecule has 0 saturated carbocycles. The van der Waals surface area contributed by atoms with Crippen LogP contribution in [0, 0.1) is 0 Å². The Labute approximate surface area is 156 Å². The van der Waals surface area contributed by atoms with Crippen molar-refractivity contribution in [2.75, 3.05) is 41.3 Å². The number of unbranched alkanes of at least 4 members (excludes halogenated alkanes) is 2. The summed E-state index contributed by atoms with van der Waals surface area (Å²) in [4.78, 5) is 0. The Kier molecular flexibility index (Phi) is 14.7. The highest BCUT2D eigenvalue weighted by Gasteiger charge is 2.20. The van der Waals surface area contributed by atoms with E-state index in [0.29, 0.717) is 0 Å². The van der Waals surface area contributed by atoms with Crippen LogP contribution in [-0.4, -0.2) is 62.3 Å².